The molecule has 6 aromatic rings. The summed E-state index contributed by atoms with van der Waals surface area (Å²) in [4.78, 5) is 37.2. The molecule has 4 heterocycles. The molecule has 1 aliphatic rings. The Bertz CT molecular complexity index is 2240. The van der Waals surface area contributed by atoms with E-state index < -0.39 is 5.97 Å². The minimum absolute atomic E-state index is 0.290. The summed E-state index contributed by atoms with van der Waals surface area (Å²) in [6.45, 7) is 4.98. The fourth-order valence-corrected chi connectivity index (χ4v) is 7.46. The number of aromatic amines is 1. The number of carbonyl (C=O) groups is 2. The van der Waals surface area contributed by atoms with E-state index in [1.54, 1.807) is 44.6 Å². The molecule has 0 amide bonds. The molecule has 0 aliphatic heterocycles. The number of aromatic nitrogens is 4. The largest absolute Gasteiger partial charge is 0.481 e. The number of pyridine rings is 2. The quantitative estimate of drug-likeness (QED) is 0.137. The number of carbonyl (C=O) groups excluding carboxylic acids is 2. The number of ether oxygens (including phenoxy) is 4. The second-order valence-corrected chi connectivity index (χ2v) is 13.5. The minimum atomic E-state index is -0.430. The first-order valence-corrected chi connectivity index (χ1v) is 18.5. The SMILES string of the molecule is CCOC(=O)c1[nH]c2ccc(Cl)cc2c1-c1cccnc1OC.CCOC(=O)c1c(-c2cccnc2OC)c2cc(Cl)ccc2n1CC1CCCCC1. The Kier molecular flexibility index (Phi) is 12.2. The van der Waals surface area contributed by atoms with Crippen LogP contribution in [0.2, 0.25) is 10.0 Å². The predicted molar refractivity (Wildman–Crippen MR) is 208 cm³/mol. The number of nitrogens with zero attached hydrogens (tertiary/aromatic N) is 3. The molecule has 1 saturated carbocycles. The Morgan fingerprint density at radius 2 is 1.36 bits per heavy atom. The van der Waals surface area contributed by atoms with Crippen molar-refractivity contribution in [3.05, 3.63) is 94.5 Å². The van der Waals surface area contributed by atoms with Crippen molar-refractivity contribution in [2.75, 3.05) is 27.4 Å². The molecule has 0 atom stereocenters. The maximum atomic E-state index is 13.2. The number of rotatable bonds is 10. The van der Waals surface area contributed by atoms with Gasteiger partial charge >= 0.3 is 11.9 Å². The lowest BCUT2D eigenvalue weighted by atomic mass is 9.89. The lowest BCUT2D eigenvalue weighted by Gasteiger charge is -2.23. The van der Waals surface area contributed by atoms with Crippen LogP contribution in [0.1, 0.15) is 66.9 Å². The number of nitrogens with one attached hydrogen (secondary N) is 1. The monoisotopic (exact) mass is 756 g/mol. The minimum Gasteiger partial charge on any atom is -0.481 e. The number of hydrogen-bond acceptors (Lipinski definition) is 8. The lowest BCUT2D eigenvalue weighted by Crippen LogP contribution is -2.19. The molecule has 0 radical (unpaired) electrons. The van der Waals surface area contributed by atoms with Crippen molar-refractivity contribution in [1.82, 2.24) is 19.5 Å². The summed E-state index contributed by atoms with van der Waals surface area (Å²) in [6.07, 6.45) is 9.46. The Morgan fingerprint density at radius 3 is 1.98 bits per heavy atom. The van der Waals surface area contributed by atoms with Crippen molar-refractivity contribution in [3.8, 4) is 34.0 Å². The Hall–Kier alpha value is -5.06. The van der Waals surface area contributed by atoms with Gasteiger partial charge in [0.05, 0.1) is 27.4 Å². The van der Waals surface area contributed by atoms with Crippen molar-refractivity contribution in [1.29, 1.82) is 0 Å². The molecule has 4 aromatic heterocycles. The van der Waals surface area contributed by atoms with Gasteiger partial charge in [0.2, 0.25) is 11.8 Å². The van der Waals surface area contributed by atoms with E-state index in [4.69, 9.17) is 42.1 Å². The zero-order chi connectivity index (χ0) is 37.5. The lowest BCUT2D eigenvalue weighted by molar-refractivity contribution is 0.0507. The van der Waals surface area contributed by atoms with Gasteiger partial charge in [-0.05, 0) is 93.3 Å². The van der Waals surface area contributed by atoms with Crippen LogP contribution in [-0.4, -0.2) is 58.9 Å². The van der Waals surface area contributed by atoms with Gasteiger partial charge in [-0.25, -0.2) is 19.6 Å². The average Bonchev–Trinajstić information content (AvgIpc) is 3.70. The van der Waals surface area contributed by atoms with Gasteiger partial charge in [0.15, 0.2) is 0 Å². The van der Waals surface area contributed by atoms with Crippen LogP contribution in [0.4, 0.5) is 0 Å². The molecule has 12 heteroatoms. The van der Waals surface area contributed by atoms with E-state index in [1.807, 2.05) is 49.4 Å². The summed E-state index contributed by atoms with van der Waals surface area (Å²) < 4.78 is 23.6. The molecule has 276 valence electrons. The van der Waals surface area contributed by atoms with Crippen LogP contribution in [0, 0.1) is 5.92 Å². The van der Waals surface area contributed by atoms with E-state index >= 15 is 0 Å². The number of fused-ring (bicyclic) bond motifs is 2. The summed E-state index contributed by atoms with van der Waals surface area (Å²) in [5.41, 5.74) is 5.58. The average molecular weight is 758 g/mol. The third-order valence-electron chi connectivity index (χ3n) is 9.37. The van der Waals surface area contributed by atoms with E-state index in [-0.39, 0.29) is 5.97 Å². The van der Waals surface area contributed by atoms with Gasteiger partial charge in [0.1, 0.15) is 11.4 Å². The number of halogens is 2. The molecule has 0 saturated heterocycles. The highest BCUT2D eigenvalue weighted by Gasteiger charge is 2.29. The molecule has 2 aromatic carbocycles. The number of methoxy groups -OCH3 is 2. The van der Waals surface area contributed by atoms with Gasteiger partial charge < -0.3 is 28.5 Å². The van der Waals surface area contributed by atoms with Gasteiger partial charge in [-0.3, -0.25) is 0 Å². The molecule has 0 spiro atoms. The summed E-state index contributed by atoms with van der Waals surface area (Å²) in [5.74, 6) is 0.683. The molecule has 53 heavy (non-hydrogen) atoms. The Balaban J connectivity index is 0.000000188. The standard InChI is InChI=1S/C24H27ClN2O3.C17H15ClN2O3/c1-3-30-24(28)22-21(18-10-7-13-26-23(18)29-2)19-14-17(25)11-12-20(19)27(22)15-16-8-5-4-6-9-16;1-3-23-17(21)15-14(11-5-4-8-19-16(11)22-2)12-9-10(18)6-7-13(12)20-15/h7,10-14,16H,3-6,8-9,15H2,1-2H3;4-9,20H,3H2,1-2H3. The third kappa shape index (κ3) is 7.99. The van der Waals surface area contributed by atoms with E-state index in [1.165, 1.54) is 39.2 Å². The molecular weight excluding hydrogens is 715 g/mol. The van der Waals surface area contributed by atoms with Crippen LogP contribution in [0.25, 0.3) is 44.1 Å². The second kappa shape index (κ2) is 17.2. The molecule has 7 rings (SSSR count). The van der Waals surface area contributed by atoms with Crippen LogP contribution in [0.3, 0.4) is 0 Å². The smallest absolute Gasteiger partial charge is 0.355 e. The number of esters is 2. The summed E-state index contributed by atoms with van der Waals surface area (Å²) in [7, 11) is 3.13. The highest BCUT2D eigenvalue weighted by atomic mass is 35.5. The van der Waals surface area contributed by atoms with Gasteiger partial charge in [-0.2, -0.15) is 0 Å². The maximum Gasteiger partial charge on any atom is 0.355 e. The van der Waals surface area contributed by atoms with Crippen molar-refractivity contribution in [2.45, 2.75) is 52.5 Å². The van der Waals surface area contributed by atoms with Crippen LogP contribution in [-0.2, 0) is 16.0 Å². The molecule has 0 unspecified atom stereocenters. The normalized spacial score (nSPS) is 13.0. The van der Waals surface area contributed by atoms with E-state index in [9.17, 15) is 9.59 Å². The molecule has 0 bridgehead atoms. The van der Waals surface area contributed by atoms with Crippen molar-refractivity contribution in [3.63, 3.8) is 0 Å². The Labute approximate surface area is 318 Å². The first kappa shape index (κ1) is 37.7. The summed E-state index contributed by atoms with van der Waals surface area (Å²) in [6, 6.07) is 18.6. The number of H-pyrrole nitrogens is 1. The zero-order valence-electron chi connectivity index (χ0n) is 30.2. The van der Waals surface area contributed by atoms with Gasteiger partial charge in [0, 0.05) is 73.0 Å². The van der Waals surface area contributed by atoms with Gasteiger partial charge in [-0.1, -0.05) is 42.5 Å². The van der Waals surface area contributed by atoms with Crippen LogP contribution < -0.4 is 9.47 Å². The second-order valence-electron chi connectivity index (χ2n) is 12.6. The highest BCUT2D eigenvalue weighted by Crippen LogP contribution is 2.42. The summed E-state index contributed by atoms with van der Waals surface area (Å²) >= 11 is 12.5. The van der Waals surface area contributed by atoms with E-state index in [2.05, 4.69) is 19.5 Å². The fraction of sp³-hybridized carbons (Fsp3) is 0.317. The van der Waals surface area contributed by atoms with Crippen LogP contribution >= 0.6 is 23.2 Å². The maximum absolute atomic E-state index is 13.2. The molecule has 1 aliphatic carbocycles. The van der Waals surface area contributed by atoms with Gasteiger partial charge in [-0.15, -0.1) is 0 Å². The van der Waals surface area contributed by atoms with Crippen molar-refractivity contribution in [2.24, 2.45) is 5.92 Å². The van der Waals surface area contributed by atoms with Crippen molar-refractivity contribution >= 4 is 56.9 Å². The van der Waals surface area contributed by atoms with E-state index in [0.717, 1.165) is 39.5 Å². The first-order chi connectivity index (χ1) is 25.8. The number of hydrogen-bond donors (Lipinski definition) is 1. The van der Waals surface area contributed by atoms with Crippen LogP contribution in [0.15, 0.2) is 73.1 Å². The molecular formula is C41H42Cl2N4O6. The summed E-state index contributed by atoms with van der Waals surface area (Å²) in [5, 5.41) is 2.92. The van der Waals surface area contributed by atoms with Crippen molar-refractivity contribution < 1.29 is 28.5 Å². The predicted octanol–water partition coefficient (Wildman–Crippen LogP) is 10.2. The zero-order valence-corrected chi connectivity index (χ0v) is 31.7. The third-order valence-corrected chi connectivity index (χ3v) is 9.84. The molecule has 10 nitrogen and oxygen atoms in total. The molecule has 1 fully saturated rings. The molecule has 1 N–H and O–H groups in total. The van der Waals surface area contributed by atoms with E-state index in [0.29, 0.717) is 63.5 Å². The van der Waals surface area contributed by atoms with Crippen LogP contribution in [0.5, 0.6) is 11.8 Å². The Morgan fingerprint density at radius 1 is 0.774 bits per heavy atom. The number of benzene rings is 2. The topological polar surface area (TPSA) is 118 Å². The fourth-order valence-electron chi connectivity index (χ4n) is 7.12. The first-order valence-electron chi connectivity index (χ1n) is 17.7. The van der Waals surface area contributed by atoms with Gasteiger partial charge in [0.25, 0.3) is 0 Å². The highest BCUT2D eigenvalue weighted by molar-refractivity contribution is 6.32.